The van der Waals surface area contributed by atoms with Gasteiger partial charge in [0.2, 0.25) is 0 Å². The van der Waals surface area contributed by atoms with E-state index in [1.54, 1.807) is 0 Å². The zero-order valence-electron chi connectivity index (χ0n) is 14.0. The van der Waals surface area contributed by atoms with Gasteiger partial charge in [-0.25, -0.2) is 4.98 Å². The van der Waals surface area contributed by atoms with E-state index >= 15 is 0 Å². The van der Waals surface area contributed by atoms with Gasteiger partial charge < -0.3 is 10.1 Å². The molecule has 3 rings (SSSR count). The predicted octanol–water partition coefficient (Wildman–Crippen LogP) is 3.48. The Balaban J connectivity index is 1.53. The molecule has 0 atom stereocenters. The van der Waals surface area contributed by atoms with Crippen LogP contribution in [0.1, 0.15) is 10.4 Å². The Morgan fingerprint density at radius 3 is 2.52 bits per heavy atom. The second kappa shape index (κ2) is 8.43. The minimum atomic E-state index is -0.560. The number of aromatic nitrogens is 1. The lowest BCUT2D eigenvalue weighted by molar-refractivity contribution is -0.120. The number of rotatable bonds is 5. The van der Waals surface area contributed by atoms with Gasteiger partial charge in [0.05, 0.1) is 33.9 Å². The number of anilines is 1. The number of hydrogen-bond acceptors (Lipinski definition) is 6. The molecular weight excluding hydrogens is 411 g/mol. The quantitative estimate of drug-likeness (QED) is 0.545. The van der Waals surface area contributed by atoms with Crippen LogP contribution in [0.2, 0.25) is 10.0 Å². The number of benzene rings is 2. The van der Waals surface area contributed by atoms with Crippen LogP contribution in [-0.4, -0.2) is 30.5 Å². The van der Waals surface area contributed by atoms with Crippen LogP contribution in [0, 0.1) is 0 Å². The van der Waals surface area contributed by atoms with Crippen molar-refractivity contribution in [3.8, 4) is 5.75 Å². The molecule has 0 saturated carbocycles. The third-order valence-electron chi connectivity index (χ3n) is 3.47. The molecule has 2 aromatic carbocycles. The van der Waals surface area contributed by atoms with Crippen LogP contribution in [0.5, 0.6) is 5.75 Å². The van der Waals surface area contributed by atoms with Crippen molar-refractivity contribution in [1.29, 1.82) is 0 Å². The monoisotopic (exact) mass is 424 g/mol. The molecule has 0 bridgehead atoms. The number of para-hydroxylation sites is 1. The molecule has 7 nitrogen and oxygen atoms in total. The lowest BCUT2D eigenvalue weighted by Crippen LogP contribution is -2.44. The number of thiazole rings is 1. The summed E-state index contributed by atoms with van der Waals surface area (Å²) in [5, 5.41) is 3.92. The maximum Gasteiger partial charge on any atom is 0.269 e. The number of nitrogens with zero attached hydrogens (tertiary/aromatic N) is 1. The van der Waals surface area contributed by atoms with E-state index in [1.165, 1.54) is 30.6 Å². The molecule has 0 radical (unpaired) electrons. The molecule has 1 heterocycles. The molecule has 0 aliphatic rings. The molecule has 2 amide bonds. The minimum absolute atomic E-state index is 0.0514. The number of fused-ring (bicyclic) bond motifs is 1. The van der Waals surface area contributed by atoms with E-state index in [0.29, 0.717) is 5.13 Å². The van der Waals surface area contributed by atoms with Crippen LogP contribution in [0.4, 0.5) is 5.13 Å². The summed E-state index contributed by atoms with van der Waals surface area (Å²) in [5.74, 6) is -0.720. The molecule has 1 aromatic heterocycles. The van der Waals surface area contributed by atoms with Gasteiger partial charge in [-0.15, -0.1) is 0 Å². The van der Waals surface area contributed by atoms with Crippen molar-refractivity contribution in [2.24, 2.45) is 0 Å². The fourth-order valence-electron chi connectivity index (χ4n) is 2.23. The van der Waals surface area contributed by atoms with Crippen molar-refractivity contribution in [1.82, 2.24) is 15.8 Å². The Kier molecular flexibility index (Phi) is 6.00. The largest absolute Gasteiger partial charge is 0.494 e. The Labute approximate surface area is 168 Å². The maximum absolute atomic E-state index is 12.1. The van der Waals surface area contributed by atoms with Gasteiger partial charge in [-0.05, 0) is 24.3 Å². The van der Waals surface area contributed by atoms with Gasteiger partial charge in [0, 0.05) is 5.56 Å². The molecule has 0 saturated heterocycles. The molecule has 27 heavy (non-hydrogen) atoms. The van der Waals surface area contributed by atoms with Crippen molar-refractivity contribution in [3.63, 3.8) is 0 Å². The predicted molar refractivity (Wildman–Crippen MR) is 107 cm³/mol. The summed E-state index contributed by atoms with van der Waals surface area (Å²) in [6.07, 6.45) is 0. The number of halogens is 2. The molecule has 0 aliphatic carbocycles. The lowest BCUT2D eigenvalue weighted by Gasteiger charge is -2.10. The third-order valence-corrected chi connectivity index (χ3v) is 5.03. The van der Waals surface area contributed by atoms with Crippen LogP contribution >= 0.6 is 34.5 Å². The van der Waals surface area contributed by atoms with E-state index in [-0.39, 0.29) is 27.9 Å². The van der Waals surface area contributed by atoms with Crippen molar-refractivity contribution >= 4 is 61.7 Å². The summed E-state index contributed by atoms with van der Waals surface area (Å²) in [4.78, 5) is 28.4. The molecule has 0 aliphatic heterocycles. The topological polar surface area (TPSA) is 92.4 Å². The van der Waals surface area contributed by atoms with Crippen molar-refractivity contribution in [2.45, 2.75) is 0 Å². The van der Waals surface area contributed by atoms with Crippen LogP contribution in [0.25, 0.3) is 10.2 Å². The Bertz CT molecular complexity index is 953. The first-order valence-electron chi connectivity index (χ1n) is 7.69. The molecule has 0 fully saturated rings. The summed E-state index contributed by atoms with van der Waals surface area (Å²) >= 11 is 13.4. The number of amides is 2. The van der Waals surface area contributed by atoms with Crippen molar-refractivity contribution in [2.75, 3.05) is 19.0 Å². The summed E-state index contributed by atoms with van der Waals surface area (Å²) < 4.78 is 6.04. The normalized spacial score (nSPS) is 10.5. The van der Waals surface area contributed by atoms with E-state index in [4.69, 9.17) is 27.9 Å². The molecule has 0 spiro atoms. The Morgan fingerprint density at radius 1 is 1.15 bits per heavy atom. The Hall–Kier alpha value is -2.55. The van der Waals surface area contributed by atoms with E-state index in [1.807, 2.05) is 24.3 Å². The van der Waals surface area contributed by atoms with E-state index < -0.39 is 11.8 Å². The van der Waals surface area contributed by atoms with E-state index in [9.17, 15) is 9.59 Å². The number of ether oxygens (including phenoxy) is 1. The fraction of sp³-hybridized carbons (Fsp3) is 0.118. The van der Waals surface area contributed by atoms with Crippen LogP contribution < -0.4 is 20.9 Å². The van der Waals surface area contributed by atoms with Gasteiger partial charge in [-0.2, -0.15) is 0 Å². The van der Waals surface area contributed by atoms with Gasteiger partial charge in [0.25, 0.3) is 11.8 Å². The number of carbonyl (C=O) groups excluding carboxylic acids is 2. The zero-order chi connectivity index (χ0) is 19.4. The standard InChI is InChI=1S/C17H14Cl2N4O3S/c1-26-15-10(18)6-9(7-11(15)19)16(25)23-22-14(24)8-20-17-21-12-4-2-3-5-13(12)27-17/h2-7H,8H2,1H3,(H,20,21)(H,22,24)(H,23,25). The summed E-state index contributed by atoms with van der Waals surface area (Å²) in [6, 6.07) is 10.4. The molecule has 3 aromatic rings. The number of hydrazine groups is 1. The maximum atomic E-state index is 12.1. The average molecular weight is 425 g/mol. The first-order valence-corrected chi connectivity index (χ1v) is 9.27. The molecular formula is C17H14Cl2N4O3S. The van der Waals surface area contributed by atoms with Crippen molar-refractivity contribution in [3.05, 3.63) is 52.0 Å². The number of hydrogen-bond donors (Lipinski definition) is 3. The van der Waals surface area contributed by atoms with E-state index in [2.05, 4.69) is 21.2 Å². The van der Waals surface area contributed by atoms with Crippen LogP contribution in [-0.2, 0) is 4.79 Å². The molecule has 3 N–H and O–H groups in total. The summed E-state index contributed by atoms with van der Waals surface area (Å²) in [6.45, 7) is -0.0514. The van der Waals surface area contributed by atoms with Crippen LogP contribution in [0.3, 0.4) is 0 Å². The number of nitrogens with one attached hydrogen (secondary N) is 3. The van der Waals surface area contributed by atoms with Crippen molar-refractivity contribution < 1.29 is 14.3 Å². The summed E-state index contributed by atoms with van der Waals surface area (Å²) in [7, 11) is 1.42. The van der Waals surface area contributed by atoms with Crippen LogP contribution in [0.15, 0.2) is 36.4 Å². The van der Waals surface area contributed by atoms with Gasteiger partial charge in [0.15, 0.2) is 10.9 Å². The zero-order valence-corrected chi connectivity index (χ0v) is 16.3. The lowest BCUT2D eigenvalue weighted by atomic mass is 10.2. The smallest absolute Gasteiger partial charge is 0.269 e. The van der Waals surface area contributed by atoms with E-state index in [0.717, 1.165) is 10.2 Å². The second-order valence-electron chi connectivity index (χ2n) is 5.32. The molecule has 10 heteroatoms. The average Bonchev–Trinajstić information content (AvgIpc) is 3.07. The fourth-order valence-corrected chi connectivity index (χ4v) is 3.74. The third kappa shape index (κ3) is 4.60. The second-order valence-corrected chi connectivity index (χ2v) is 7.16. The molecule has 140 valence electrons. The Morgan fingerprint density at radius 2 is 1.85 bits per heavy atom. The summed E-state index contributed by atoms with van der Waals surface area (Å²) in [5.41, 5.74) is 5.65. The van der Waals surface area contributed by atoms with Gasteiger partial charge in [-0.3, -0.25) is 20.4 Å². The minimum Gasteiger partial charge on any atom is -0.494 e. The first kappa shape index (κ1) is 19.2. The SMILES string of the molecule is COc1c(Cl)cc(C(=O)NNC(=O)CNc2nc3ccccc3s2)cc1Cl. The van der Waals surface area contributed by atoms with Gasteiger partial charge in [0.1, 0.15) is 0 Å². The highest BCUT2D eigenvalue weighted by Gasteiger charge is 2.14. The highest BCUT2D eigenvalue weighted by Crippen LogP contribution is 2.33. The highest BCUT2D eigenvalue weighted by atomic mass is 35.5. The molecule has 0 unspecified atom stereocenters. The number of carbonyl (C=O) groups is 2. The number of methoxy groups -OCH3 is 1. The first-order chi connectivity index (χ1) is 13.0. The van der Waals surface area contributed by atoms with Gasteiger partial charge >= 0.3 is 0 Å². The highest BCUT2D eigenvalue weighted by molar-refractivity contribution is 7.22. The van der Waals surface area contributed by atoms with Gasteiger partial charge in [-0.1, -0.05) is 46.7 Å².